The number of fused-ring (bicyclic) bond motifs is 2. The monoisotopic (exact) mass is 393 g/mol. The fourth-order valence-electron chi connectivity index (χ4n) is 3.88. The van der Waals surface area contributed by atoms with Gasteiger partial charge >= 0.3 is 6.03 Å². The highest BCUT2D eigenvalue weighted by atomic mass is 16.5. The number of carbonyl (C=O) groups is 3. The molecular weight excluding hydrogens is 370 g/mol. The van der Waals surface area contributed by atoms with Crippen LogP contribution in [0, 0.1) is 0 Å². The van der Waals surface area contributed by atoms with Gasteiger partial charge in [0.05, 0.1) is 6.61 Å². The van der Waals surface area contributed by atoms with E-state index in [2.05, 4.69) is 10.6 Å². The maximum atomic E-state index is 13.1. The molecule has 7 nitrogen and oxygen atoms in total. The molecule has 4 amide bonds. The number of urea groups is 1. The number of rotatable bonds is 6. The lowest BCUT2D eigenvalue weighted by Gasteiger charge is -2.33. The summed E-state index contributed by atoms with van der Waals surface area (Å²) in [5, 5.41) is 5.59. The molecule has 1 unspecified atom stereocenters. The molecule has 1 fully saturated rings. The summed E-state index contributed by atoms with van der Waals surface area (Å²) >= 11 is 0. The molecule has 2 heterocycles. The summed E-state index contributed by atoms with van der Waals surface area (Å²) in [6.45, 7) is 0.516. The quantitative estimate of drug-likeness (QED) is 0.580. The molecule has 2 aromatic carbocycles. The molecule has 150 valence electrons. The summed E-state index contributed by atoms with van der Waals surface area (Å²) in [5.41, 5.74) is 0.686. The van der Waals surface area contributed by atoms with Crippen molar-refractivity contribution in [3.05, 3.63) is 65.7 Å². The summed E-state index contributed by atoms with van der Waals surface area (Å²) in [4.78, 5) is 38.9. The number of hydrogen-bond acceptors (Lipinski definition) is 4. The second-order valence-corrected chi connectivity index (χ2v) is 7.26. The van der Waals surface area contributed by atoms with Gasteiger partial charge in [-0.3, -0.25) is 14.5 Å². The van der Waals surface area contributed by atoms with Crippen molar-refractivity contribution in [2.45, 2.75) is 24.8 Å². The molecule has 0 radical (unpaired) electrons. The Kier molecular flexibility index (Phi) is 5.20. The predicted octanol–water partition coefficient (Wildman–Crippen LogP) is 1.97. The lowest BCUT2D eigenvalue weighted by atomic mass is 9.84. The van der Waals surface area contributed by atoms with Crippen molar-refractivity contribution in [1.82, 2.24) is 15.5 Å². The number of ether oxygens (including phenoxy) is 1. The minimum absolute atomic E-state index is 0.291. The topological polar surface area (TPSA) is 87.7 Å². The van der Waals surface area contributed by atoms with Crippen LogP contribution < -0.4 is 15.4 Å². The van der Waals surface area contributed by atoms with Gasteiger partial charge in [-0.1, -0.05) is 48.5 Å². The molecule has 2 aromatic rings. The van der Waals surface area contributed by atoms with E-state index in [1.165, 1.54) is 5.56 Å². The van der Waals surface area contributed by atoms with Crippen LogP contribution in [0.4, 0.5) is 4.79 Å². The van der Waals surface area contributed by atoms with Crippen LogP contribution in [0.2, 0.25) is 0 Å². The average Bonchev–Trinajstić information content (AvgIpc) is 2.97. The number of hydrogen-bond donors (Lipinski definition) is 2. The van der Waals surface area contributed by atoms with E-state index in [1.54, 1.807) is 18.2 Å². The number of nitrogens with one attached hydrogen (secondary N) is 2. The standard InChI is InChI=1S/C22H23N3O4/c26-19(23-13-6-9-16-7-2-1-3-8-16)15-25-20(27)22(24-21(25)28)12-14-29-18-11-5-4-10-17(18)22/h1-5,7-8,10-11H,6,9,12-15H2,(H,23,26)(H,24,28). The smallest absolute Gasteiger partial charge is 0.325 e. The highest BCUT2D eigenvalue weighted by Gasteiger charge is 2.55. The molecular formula is C22H23N3O4. The fourth-order valence-corrected chi connectivity index (χ4v) is 3.88. The SMILES string of the molecule is O=C(CN1C(=O)NC2(CCOc3ccccc32)C1=O)NCCCc1ccccc1. The molecule has 0 aromatic heterocycles. The molecule has 1 atom stereocenters. The zero-order valence-corrected chi connectivity index (χ0v) is 16.0. The number of para-hydroxylation sites is 1. The van der Waals surface area contributed by atoms with Crippen LogP contribution >= 0.6 is 0 Å². The second-order valence-electron chi connectivity index (χ2n) is 7.26. The zero-order chi connectivity index (χ0) is 20.3. The Morgan fingerprint density at radius 1 is 1.10 bits per heavy atom. The first-order valence-corrected chi connectivity index (χ1v) is 9.77. The van der Waals surface area contributed by atoms with Crippen LogP contribution in [0.5, 0.6) is 5.75 Å². The highest BCUT2D eigenvalue weighted by molar-refractivity contribution is 6.09. The summed E-state index contributed by atoms with van der Waals surface area (Å²) in [7, 11) is 0. The number of amides is 4. The van der Waals surface area contributed by atoms with E-state index in [0.29, 0.717) is 30.9 Å². The predicted molar refractivity (Wildman–Crippen MR) is 106 cm³/mol. The van der Waals surface area contributed by atoms with E-state index in [9.17, 15) is 14.4 Å². The van der Waals surface area contributed by atoms with Crippen LogP contribution in [-0.2, 0) is 21.5 Å². The third kappa shape index (κ3) is 3.68. The van der Waals surface area contributed by atoms with Crippen LogP contribution in [0.3, 0.4) is 0 Å². The maximum Gasteiger partial charge on any atom is 0.325 e. The van der Waals surface area contributed by atoms with Gasteiger partial charge < -0.3 is 15.4 Å². The van der Waals surface area contributed by atoms with E-state index < -0.39 is 17.5 Å². The number of imide groups is 1. The van der Waals surface area contributed by atoms with Crippen LogP contribution in [-0.4, -0.2) is 42.4 Å². The van der Waals surface area contributed by atoms with Crippen molar-refractivity contribution < 1.29 is 19.1 Å². The molecule has 2 N–H and O–H groups in total. The van der Waals surface area contributed by atoms with E-state index in [4.69, 9.17) is 4.74 Å². The van der Waals surface area contributed by atoms with Crippen molar-refractivity contribution in [1.29, 1.82) is 0 Å². The Balaban J connectivity index is 1.36. The van der Waals surface area contributed by atoms with E-state index in [0.717, 1.165) is 17.7 Å². The number of carbonyl (C=O) groups excluding carboxylic acids is 3. The van der Waals surface area contributed by atoms with Crippen molar-refractivity contribution in [3.8, 4) is 5.75 Å². The zero-order valence-electron chi connectivity index (χ0n) is 16.0. The van der Waals surface area contributed by atoms with Gasteiger partial charge in [-0.25, -0.2) is 4.79 Å². The van der Waals surface area contributed by atoms with Crippen molar-refractivity contribution in [2.24, 2.45) is 0 Å². The maximum absolute atomic E-state index is 13.1. The first-order valence-electron chi connectivity index (χ1n) is 9.77. The molecule has 4 rings (SSSR count). The van der Waals surface area contributed by atoms with Gasteiger partial charge in [-0.15, -0.1) is 0 Å². The van der Waals surface area contributed by atoms with Crippen molar-refractivity contribution in [2.75, 3.05) is 19.7 Å². The lowest BCUT2D eigenvalue weighted by molar-refractivity contribution is -0.136. The summed E-state index contributed by atoms with van der Waals surface area (Å²) in [6, 6.07) is 16.6. The molecule has 1 saturated heterocycles. The van der Waals surface area contributed by atoms with Crippen molar-refractivity contribution in [3.63, 3.8) is 0 Å². The third-order valence-corrected chi connectivity index (χ3v) is 5.37. The Labute approximate surface area is 169 Å². The van der Waals surface area contributed by atoms with E-state index >= 15 is 0 Å². The molecule has 0 saturated carbocycles. The third-order valence-electron chi connectivity index (χ3n) is 5.37. The van der Waals surface area contributed by atoms with Gasteiger partial charge in [0.15, 0.2) is 5.54 Å². The minimum Gasteiger partial charge on any atom is -0.493 e. The van der Waals surface area contributed by atoms with Gasteiger partial charge in [0.2, 0.25) is 5.91 Å². The van der Waals surface area contributed by atoms with E-state index in [1.807, 2.05) is 36.4 Å². The summed E-state index contributed by atoms with van der Waals surface area (Å²) < 4.78 is 5.61. The van der Waals surface area contributed by atoms with Crippen molar-refractivity contribution >= 4 is 17.8 Å². The number of nitrogens with zero attached hydrogens (tertiary/aromatic N) is 1. The minimum atomic E-state index is -1.15. The second kappa shape index (κ2) is 7.95. The Morgan fingerprint density at radius 3 is 2.69 bits per heavy atom. The van der Waals surface area contributed by atoms with E-state index in [-0.39, 0.29) is 12.5 Å². The fraction of sp³-hybridized carbons (Fsp3) is 0.318. The number of aryl methyl sites for hydroxylation is 1. The molecule has 0 bridgehead atoms. The molecule has 2 aliphatic rings. The van der Waals surface area contributed by atoms with Gasteiger partial charge in [0.25, 0.3) is 5.91 Å². The first kappa shape index (κ1) is 19.0. The normalized spacial score (nSPS) is 20.2. The summed E-state index contributed by atoms with van der Waals surface area (Å²) in [6.07, 6.45) is 1.97. The van der Waals surface area contributed by atoms with Gasteiger partial charge in [-0.05, 0) is 24.5 Å². The Bertz CT molecular complexity index is 931. The van der Waals surface area contributed by atoms with Crippen LogP contribution in [0.1, 0.15) is 24.0 Å². The largest absolute Gasteiger partial charge is 0.493 e. The molecule has 29 heavy (non-hydrogen) atoms. The highest BCUT2D eigenvalue weighted by Crippen LogP contribution is 2.40. The van der Waals surface area contributed by atoms with Crippen LogP contribution in [0.25, 0.3) is 0 Å². The average molecular weight is 393 g/mol. The van der Waals surface area contributed by atoms with Gasteiger partial charge in [-0.2, -0.15) is 0 Å². The molecule has 2 aliphatic heterocycles. The molecule has 7 heteroatoms. The molecule has 0 aliphatic carbocycles. The first-order chi connectivity index (χ1) is 14.1. The van der Waals surface area contributed by atoms with Crippen LogP contribution in [0.15, 0.2) is 54.6 Å². The lowest BCUT2D eigenvalue weighted by Crippen LogP contribution is -2.48. The van der Waals surface area contributed by atoms with Gasteiger partial charge in [0.1, 0.15) is 12.3 Å². The van der Waals surface area contributed by atoms with Gasteiger partial charge in [0, 0.05) is 18.5 Å². The Morgan fingerprint density at radius 2 is 1.86 bits per heavy atom. The molecule has 1 spiro atoms. The summed E-state index contributed by atoms with van der Waals surface area (Å²) in [5.74, 6) is -0.170. The Hall–Kier alpha value is -3.35. The number of benzene rings is 2.